The first-order valence-electron chi connectivity index (χ1n) is 12.2. The van der Waals surface area contributed by atoms with Crippen molar-refractivity contribution in [1.82, 2.24) is 14.4 Å². The molecule has 2 aliphatic rings. The highest BCUT2D eigenvalue weighted by Gasteiger charge is 2.30. The van der Waals surface area contributed by atoms with Crippen molar-refractivity contribution in [2.24, 2.45) is 0 Å². The fourth-order valence-corrected chi connectivity index (χ4v) is 6.69. The van der Waals surface area contributed by atoms with E-state index in [2.05, 4.69) is 88.2 Å². The first kappa shape index (κ1) is 17.9. The summed E-state index contributed by atoms with van der Waals surface area (Å²) in [5.41, 5.74) is 15.6. The molecule has 0 saturated heterocycles. The van der Waals surface area contributed by atoms with Crippen LogP contribution in [0.4, 0.5) is 0 Å². The molecular weight excluding hydrogens is 426 g/mol. The van der Waals surface area contributed by atoms with E-state index in [9.17, 15) is 0 Å². The van der Waals surface area contributed by atoms with Gasteiger partial charge in [-0.2, -0.15) is 0 Å². The summed E-state index contributed by atoms with van der Waals surface area (Å²) < 4.78 is 2.31. The first-order chi connectivity index (χ1) is 17.4. The number of benzene rings is 4. The maximum absolute atomic E-state index is 5.18. The summed E-state index contributed by atoms with van der Waals surface area (Å²) in [5.74, 6) is 0. The average Bonchev–Trinajstić information content (AvgIpc) is 3.59. The predicted molar refractivity (Wildman–Crippen MR) is 142 cm³/mol. The zero-order chi connectivity index (χ0) is 22.7. The zero-order valence-corrected chi connectivity index (χ0v) is 18.9. The van der Waals surface area contributed by atoms with Gasteiger partial charge in [0.05, 0.1) is 22.7 Å². The molecule has 0 radical (unpaired) electrons. The molecule has 3 heteroatoms. The lowest BCUT2D eigenvalue weighted by atomic mass is 9.92. The molecule has 0 atom stereocenters. The second kappa shape index (κ2) is 6.13. The summed E-state index contributed by atoms with van der Waals surface area (Å²) in [6.45, 7) is 0. The van der Waals surface area contributed by atoms with Crippen molar-refractivity contribution in [2.45, 2.75) is 12.8 Å². The molecule has 0 amide bonds. The van der Waals surface area contributed by atoms with Gasteiger partial charge in [0.25, 0.3) is 0 Å². The van der Waals surface area contributed by atoms with Crippen LogP contribution in [-0.2, 0) is 12.8 Å². The summed E-state index contributed by atoms with van der Waals surface area (Å²) in [5, 5.41) is 3.75. The molecule has 9 rings (SSSR count). The van der Waals surface area contributed by atoms with E-state index >= 15 is 0 Å². The quantitative estimate of drug-likeness (QED) is 0.229. The molecule has 35 heavy (non-hydrogen) atoms. The van der Waals surface area contributed by atoms with E-state index in [0.29, 0.717) is 0 Å². The number of fused-ring (bicyclic) bond motifs is 16. The van der Waals surface area contributed by atoms with E-state index in [0.717, 1.165) is 35.0 Å². The third-order valence-corrected chi connectivity index (χ3v) is 8.11. The number of hydrogen-bond acceptors (Lipinski definition) is 2. The number of aromatic nitrogens is 3. The Balaban J connectivity index is 1.47. The summed E-state index contributed by atoms with van der Waals surface area (Å²) >= 11 is 0. The molecule has 0 bridgehead atoms. The predicted octanol–water partition coefficient (Wildman–Crippen LogP) is 7.33. The van der Waals surface area contributed by atoms with Crippen LogP contribution in [0.3, 0.4) is 0 Å². The zero-order valence-electron chi connectivity index (χ0n) is 18.9. The molecule has 7 aromatic rings. The van der Waals surface area contributed by atoms with Gasteiger partial charge in [0.2, 0.25) is 0 Å². The SMILES string of the molecule is c1ccc2c(c1)Cc1ccc3c(c1-2)-c1ccc2c4ccncc4n4c5ccccc5nc4c2c1C3. The molecule has 3 heterocycles. The molecule has 3 nitrogen and oxygen atoms in total. The molecule has 0 spiro atoms. The van der Waals surface area contributed by atoms with Gasteiger partial charge in [0, 0.05) is 17.0 Å². The van der Waals surface area contributed by atoms with Crippen LogP contribution in [0.2, 0.25) is 0 Å². The second-order valence-electron chi connectivity index (χ2n) is 9.81. The fourth-order valence-electron chi connectivity index (χ4n) is 6.69. The van der Waals surface area contributed by atoms with Crippen LogP contribution >= 0.6 is 0 Å². The Kier molecular flexibility index (Phi) is 3.14. The third-order valence-electron chi connectivity index (χ3n) is 8.11. The van der Waals surface area contributed by atoms with E-state index in [1.165, 1.54) is 60.7 Å². The Morgan fingerprint density at radius 2 is 1.46 bits per heavy atom. The highest BCUT2D eigenvalue weighted by atomic mass is 15.0. The molecule has 0 fully saturated rings. The minimum absolute atomic E-state index is 0.937. The Morgan fingerprint density at radius 3 is 2.43 bits per heavy atom. The Bertz CT molecular complexity index is 2060. The van der Waals surface area contributed by atoms with Crippen LogP contribution in [0.25, 0.3) is 60.6 Å². The van der Waals surface area contributed by atoms with Gasteiger partial charge in [-0.1, -0.05) is 60.7 Å². The van der Waals surface area contributed by atoms with Gasteiger partial charge < -0.3 is 0 Å². The van der Waals surface area contributed by atoms with Crippen molar-refractivity contribution in [2.75, 3.05) is 0 Å². The number of nitrogens with zero attached hydrogens (tertiary/aromatic N) is 3. The van der Waals surface area contributed by atoms with Crippen molar-refractivity contribution in [3.63, 3.8) is 0 Å². The molecular formula is C32H19N3. The highest BCUT2D eigenvalue weighted by Crippen LogP contribution is 2.51. The van der Waals surface area contributed by atoms with Crippen molar-refractivity contribution in [3.8, 4) is 22.3 Å². The van der Waals surface area contributed by atoms with E-state index in [1.807, 2.05) is 12.4 Å². The summed E-state index contributed by atoms with van der Waals surface area (Å²) in [6.07, 6.45) is 5.84. The number of para-hydroxylation sites is 2. The van der Waals surface area contributed by atoms with Crippen LogP contribution in [-0.4, -0.2) is 14.4 Å². The smallest absolute Gasteiger partial charge is 0.146 e. The third kappa shape index (κ3) is 2.12. The molecule has 0 aliphatic heterocycles. The van der Waals surface area contributed by atoms with Crippen molar-refractivity contribution in [1.29, 1.82) is 0 Å². The van der Waals surface area contributed by atoms with Crippen molar-refractivity contribution >= 4 is 38.4 Å². The maximum Gasteiger partial charge on any atom is 0.146 e. The molecule has 162 valence electrons. The van der Waals surface area contributed by atoms with Crippen molar-refractivity contribution < 1.29 is 0 Å². The number of rotatable bonds is 0. The average molecular weight is 446 g/mol. The normalized spacial score (nSPS) is 13.5. The molecule has 4 aromatic carbocycles. The van der Waals surface area contributed by atoms with Crippen LogP contribution in [0.15, 0.2) is 91.3 Å². The van der Waals surface area contributed by atoms with E-state index in [-0.39, 0.29) is 0 Å². The van der Waals surface area contributed by atoms with Gasteiger partial charge in [0.15, 0.2) is 0 Å². The van der Waals surface area contributed by atoms with E-state index in [4.69, 9.17) is 4.98 Å². The second-order valence-corrected chi connectivity index (χ2v) is 9.81. The highest BCUT2D eigenvalue weighted by molar-refractivity contribution is 6.17. The van der Waals surface area contributed by atoms with Gasteiger partial charge >= 0.3 is 0 Å². The van der Waals surface area contributed by atoms with Crippen molar-refractivity contribution in [3.05, 3.63) is 114 Å². The Morgan fingerprint density at radius 1 is 0.629 bits per heavy atom. The van der Waals surface area contributed by atoms with Gasteiger partial charge in [-0.3, -0.25) is 9.38 Å². The van der Waals surface area contributed by atoms with Crippen LogP contribution in [0.5, 0.6) is 0 Å². The lowest BCUT2D eigenvalue weighted by Crippen LogP contribution is -1.95. The topological polar surface area (TPSA) is 30.2 Å². The summed E-state index contributed by atoms with van der Waals surface area (Å²) in [6, 6.07) is 28.8. The van der Waals surface area contributed by atoms with Gasteiger partial charge in [-0.15, -0.1) is 0 Å². The van der Waals surface area contributed by atoms with Gasteiger partial charge in [-0.25, -0.2) is 4.98 Å². The number of pyridine rings is 2. The summed E-state index contributed by atoms with van der Waals surface area (Å²) in [4.78, 5) is 9.65. The fraction of sp³-hybridized carbons (Fsp3) is 0.0625. The maximum atomic E-state index is 5.18. The minimum Gasteiger partial charge on any atom is -0.290 e. The summed E-state index contributed by atoms with van der Waals surface area (Å²) in [7, 11) is 0. The molecule has 0 unspecified atom stereocenters. The van der Waals surface area contributed by atoms with Gasteiger partial charge in [0.1, 0.15) is 5.65 Å². The minimum atomic E-state index is 0.937. The monoisotopic (exact) mass is 445 g/mol. The lowest BCUT2D eigenvalue weighted by Gasteiger charge is -2.13. The van der Waals surface area contributed by atoms with Gasteiger partial charge in [-0.05, 0) is 80.9 Å². The van der Waals surface area contributed by atoms with E-state index < -0.39 is 0 Å². The Labute approximate surface area is 201 Å². The molecule has 0 saturated carbocycles. The van der Waals surface area contributed by atoms with Crippen LogP contribution in [0.1, 0.15) is 22.3 Å². The standard InChI is InChI=1S/C32H19N3/c1-2-6-21-18(5-1)15-19-9-10-20-16-25-24(30(20)29(19)21)12-11-23-22-13-14-33-17-28(22)35-27-8-4-3-7-26(27)34-32(35)31(23)25/h1-14,17H,15-16H2. The lowest BCUT2D eigenvalue weighted by molar-refractivity contribution is 1.23. The largest absolute Gasteiger partial charge is 0.290 e. The van der Waals surface area contributed by atoms with Crippen LogP contribution in [0, 0.1) is 0 Å². The Hall–Kier alpha value is -4.50. The number of imidazole rings is 1. The molecule has 0 N–H and O–H groups in total. The van der Waals surface area contributed by atoms with E-state index in [1.54, 1.807) is 0 Å². The molecule has 3 aromatic heterocycles. The first-order valence-corrected chi connectivity index (χ1v) is 12.2. The number of hydrogen-bond donors (Lipinski definition) is 0. The van der Waals surface area contributed by atoms with Crippen LogP contribution < -0.4 is 0 Å². The molecule has 2 aliphatic carbocycles.